The van der Waals surface area contributed by atoms with Crippen molar-refractivity contribution in [3.05, 3.63) is 0 Å². The Morgan fingerprint density at radius 3 is 1.23 bits per heavy atom. The molecule has 0 heterocycles. The Hall–Kier alpha value is -0.990. The summed E-state index contributed by atoms with van der Waals surface area (Å²) < 4.78 is 34.3. The van der Waals surface area contributed by atoms with Crippen LogP contribution in [-0.4, -0.2) is 74.9 Å². The second kappa shape index (κ2) is 35.7. The molecule has 0 spiro atoms. The van der Waals surface area contributed by atoms with E-state index in [1.807, 2.05) is 21.1 Å². The first-order chi connectivity index (χ1) is 25.0. The number of ether oxygens (including phenoxy) is 2. The van der Waals surface area contributed by atoms with Gasteiger partial charge in [0.05, 0.1) is 27.7 Å². The number of unbranched alkanes of at least 4 members (excludes halogenated alkanes) is 26. The van der Waals surface area contributed by atoms with Crippen molar-refractivity contribution in [2.24, 2.45) is 0 Å². The first kappa shape index (κ1) is 51.0. The summed E-state index contributed by atoms with van der Waals surface area (Å²) in [6, 6.07) is 0. The summed E-state index contributed by atoms with van der Waals surface area (Å²) in [4.78, 5) is 35.3. The van der Waals surface area contributed by atoms with Gasteiger partial charge < -0.3 is 18.9 Å². The van der Waals surface area contributed by atoms with Crippen molar-refractivity contribution in [1.29, 1.82) is 0 Å². The van der Waals surface area contributed by atoms with Crippen LogP contribution in [0.3, 0.4) is 0 Å². The predicted molar refractivity (Wildman–Crippen MR) is 215 cm³/mol. The number of phosphoric ester groups is 1. The van der Waals surface area contributed by atoms with E-state index >= 15 is 0 Å². The molecule has 52 heavy (non-hydrogen) atoms. The van der Waals surface area contributed by atoms with Gasteiger partial charge in [0.2, 0.25) is 0 Å². The van der Waals surface area contributed by atoms with Crippen molar-refractivity contribution in [3.63, 3.8) is 0 Å². The lowest BCUT2D eigenvalue weighted by Gasteiger charge is -2.24. The number of esters is 2. The van der Waals surface area contributed by atoms with Gasteiger partial charge in [-0.25, -0.2) is 4.57 Å². The van der Waals surface area contributed by atoms with Crippen LogP contribution in [-0.2, 0) is 32.7 Å². The average Bonchev–Trinajstić information content (AvgIpc) is 3.09. The molecule has 9 nitrogen and oxygen atoms in total. The van der Waals surface area contributed by atoms with E-state index in [0.29, 0.717) is 23.9 Å². The summed E-state index contributed by atoms with van der Waals surface area (Å²) in [5.41, 5.74) is 0. The zero-order valence-electron chi connectivity index (χ0n) is 34.8. The number of rotatable bonds is 40. The van der Waals surface area contributed by atoms with E-state index in [2.05, 4.69) is 13.8 Å². The van der Waals surface area contributed by atoms with Crippen LogP contribution in [0.4, 0.5) is 0 Å². The molecule has 0 amide bonds. The minimum Gasteiger partial charge on any atom is -0.462 e. The van der Waals surface area contributed by atoms with Crippen LogP contribution in [0.15, 0.2) is 0 Å². The molecule has 0 aromatic heterocycles. The van der Waals surface area contributed by atoms with E-state index in [1.165, 1.54) is 141 Å². The van der Waals surface area contributed by atoms with Gasteiger partial charge in [-0.3, -0.25) is 18.6 Å². The Bertz CT molecular complexity index is 865. The summed E-state index contributed by atoms with van der Waals surface area (Å²) in [6.45, 7) is 4.44. The van der Waals surface area contributed by atoms with Crippen molar-refractivity contribution in [2.45, 2.75) is 213 Å². The third kappa shape index (κ3) is 38.7. The number of likely N-dealkylation sites (N-methyl/N-ethyl adjacent to an activating group) is 1. The summed E-state index contributed by atoms with van der Waals surface area (Å²) in [5.74, 6) is -0.786. The van der Waals surface area contributed by atoms with E-state index in [1.54, 1.807) is 0 Å². The van der Waals surface area contributed by atoms with Crippen LogP contribution < -0.4 is 0 Å². The van der Waals surface area contributed by atoms with Gasteiger partial charge in [0.15, 0.2) is 6.10 Å². The largest absolute Gasteiger partial charge is 0.472 e. The van der Waals surface area contributed by atoms with Gasteiger partial charge in [-0.15, -0.1) is 0 Å². The van der Waals surface area contributed by atoms with Crippen LogP contribution in [0.25, 0.3) is 0 Å². The Kier molecular flexibility index (Phi) is 35.0. The van der Waals surface area contributed by atoms with Gasteiger partial charge in [0.1, 0.15) is 19.8 Å². The average molecular weight is 763 g/mol. The molecule has 0 saturated heterocycles. The monoisotopic (exact) mass is 763 g/mol. The maximum Gasteiger partial charge on any atom is 0.472 e. The molecule has 0 fully saturated rings. The van der Waals surface area contributed by atoms with Crippen molar-refractivity contribution >= 4 is 19.8 Å². The molecular weight excluding hydrogens is 677 g/mol. The Balaban J connectivity index is 4.28. The first-order valence-corrected chi connectivity index (χ1v) is 23.3. The zero-order valence-corrected chi connectivity index (χ0v) is 35.7. The van der Waals surface area contributed by atoms with Crippen LogP contribution in [0, 0.1) is 0 Å². The number of carbonyl (C=O) groups excluding carboxylic acids is 2. The molecule has 2 atom stereocenters. The first-order valence-electron chi connectivity index (χ1n) is 21.8. The second-order valence-corrected chi connectivity index (χ2v) is 17.6. The quantitative estimate of drug-likeness (QED) is 0.0284. The molecule has 1 unspecified atom stereocenters. The van der Waals surface area contributed by atoms with Gasteiger partial charge in [0, 0.05) is 12.8 Å². The minimum atomic E-state index is -4.36. The molecule has 0 aromatic rings. The highest BCUT2D eigenvalue weighted by Crippen LogP contribution is 2.43. The molecule has 0 aliphatic rings. The standard InChI is InChI=1S/C42H84NO8P/c1-6-8-10-12-14-16-18-19-20-21-22-23-25-26-28-30-32-34-41(44)48-38-40(39-50-52(46,47)49-37-36-43(3,4)5)51-42(45)35-33-31-29-27-24-17-15-13-11-9-7-2/h40H,6-39H2,1-5H3/p+1/t40-/m0/s1. The SMILES string of the molecule is CCCCCCCCCCCCCCCCCCCC(=O)OC[C@@H](COP(=O)(O)OCC[N+](C)(C)C)OC(=O)CCCCCCCCCCCCC. The molecular formula is C42H85NO8P+. The molecule has 0 rings (SSSR count). The molecule has 0 aromatic carbocycles. The van der Waals surface area contributed by atoms with E-state index in [0.717, 1.165) is 32.1 Å². The van der Waals surface area contributed by atoms with Crippen LogP contribution in [0.2, 0.25) is 0 Å². The Morgan fingerprint density at radius 2 is 0.865 bits per heavy atom. The number of quaternary nitrogens is 1. The van der Waals surface area contributed by atoms with E-state index < -0.39 is 26.5 Å². The Labute approximate surface area is 321 Å². The summed E-state index contributed by atoms with van der Waals surface area (Å²) in [5, 5.41) is 0. The number of phosphoric acid groups is 1. The fourth-order valence-corrected chi connectivity index (χ4v) is 6.93. The lowest BCUT2D eigenvalue weighted by Crippen LogP contribution is -2.37. The molecule has 0 saturated carbocycles. The van der Waals surface area contributed by atoms with Gasteiger partial charge >= 0.3 is 19.8 Å². The third-order valence-corrected chi connectivity index (χ3v) is 10.6. The fraction of sp³-hybridized carbons (Fsp3) is 0.952. The van der Waals surface area contributed by atoms with Crippen molar-refractivity contribution < 1.29 is 42.1 Å². The topological polar surface area (TPSA) is 108 Å². The van der Waals surface area contributed by atoms with E-state index in [-0.39, 0.29) is 25.6 Å². The smallest absolute Gasteiger partial charge is 0.462 e. The van der Waals surface area contributed by atoms with E-state index in [4.69, 9.17) is 18.5 Å². The molecule has 0 aliphatic heterocycles. The number of nitrogens with zero attached hydrogens (tertiary/aromatic N) is 1. The normalized spacial score (nSPS) is 13.6. The molecule has 310 valence electrons. The number of carbonyl (C=O) groups is 2. The van der Waals surface area contributed by atoms with Gasteiger partial charge in [-0.2, -0.15) is 0 Å². The minimum absolute atomic E-state index is 0.0366. The van der Waals surface area contributed by atoms with Crippen LogP contribution in [0.5, 0.6) is 0 Å². The molecule has 1 N–H and O–H groups in total. The van der Waals surface area contributed by atoms with Crippen molar-refractivity contribution in [1.82, 2.24) is 0 Å². The highest BCUT2D eigenvalue weighted by atomic mass is 31.2. The lowest BCUT2D eigenvalue weighted by molar-refractivity contribution is -0.870. The lowest BCUT2D eigenvalue weighted by atomic mass is 10.0. The maximum atomic E-state index is 12.6. The number of hydrogen-bond donors (Lipinski definition) is 1. The highest BCUT2D eigenvalue weighted by Gasteiger charge is 2.27. The van der Waals surface area contributed by atoms with Crippen molar-refractivity contribution in [3.8, 4) is 0 Å². The summed E-state index contributed by atoms with van der Waals surface area (Å²) in [6.07, 6.45) is 34.3. The van der Waals surface area contributed by atoms with Gasteiger partial charge in [-0.05, 0) is 12.8 Å². The zero-order chi connectivity index (χ0) is 38.6. The van der Waals surface area contributed by atoms with Gasteiger partial charge in [-0.1, -0.05) is 181 Å². The summed E-state index contributed by atoms with van der Waals surface area (Å²) in [7, 11) is 1.49. The second-order valence-electron chi connectivity index (χ2n) is 16.1. The maximum absolute atomic E-state index is 12.6. The highest BCUT2D eigenvalue weighted by molar-refractivity contribution is 7.47. The molecule has 0 aliphatic carbocycles. The molecule has 0 bridgehead atoms. The molecule has 0 radical (unpaired) electrons. The summed E-state index contributed by atoms with van der Waals surface area (Å²) >= 11 is 0. The molecule has 10 heteroatoms. The Morgan fingerprint density at radius 1 is 0.519 bits per heavy atom. The van der Waals surface area contributed by atoms with Crippen molar-refractivity contribution in [2.75, 3.05) is 47.5 Å². The van der Waals surface area contributed by atoms with Crippen LogP contribution >= 0.6 is 7.82 Å². The van der Waals surface area contributed by atoms with Crippen LogP contribution in [0.1, 0.15) is 206 Å². The van der Waals surface area contributed by atoms with Gasteiger partial charge in [0.25, 0.3) is 0 Å². The fourth-order valence-electron chi connectivity index (χ4n) is 6.19. The number of hydrogen-bond acceptors (Lipinski definition) is 7. The third-order valence-electron chi connectivity index (χ3n) is 9.64. The van der Waals surface area contributed by atoms with E-state index in [9.17, 15) is 19.0 Å². The predicted octanol–water partition coefficient (Wildman–Crippen LogP) is 12.0.